The van der Waals surface area contributed by atoms with Crippen LogP contribution < -0.4 is 0 Å². The molecule has 3 amide bonds. The van der Waals surface area contributed by atoms with E-state index in [9.17, 15) is 19.5 Å². The van der Waals surface area contributed by atoms with E-state index in [-0.39, 0.29) is 24.3 Å². The summed E-state index contributed by atoms with van der Waals surface area (Å²) in [6.45, 7) is 13.8. The molecule has 40 heavy (non-hydrogen) atoms. The smallest absolute Gasteiger partial charge is 0.248 e. The summed E-state index contributed by atoms with van der Waals surface area (Å²) < 4.78 is 6.80. The number of aliphatic hydroxyl groups excluding tert-OH is 1. The monoisotopic (exact) mass is 551 g/mol. The van der Waals surface area contributed by atoms with Crippen molar-refractivity contribution < 1.29 is 24.2 Å². The van der Waals surface area contributed by atoms with Crippen molar-refractivity contribution in [1.29, 1.82) is 0 Å². The molecule has 3 aliphatic rings. The summed E-state index contributed by atoms with van der Waals surface area (Å²) >= 11 is 0. The summed E-state index contributed by atoms with van der Waals surface area (Å²) in [5, 5.41) is 9.41. The summed E-state index contributed by atoms with van der Waals surface area (Å²) in [4.78, 5) is 48.0. The van der Waals surface area contributed by atoms with Crippen molar-refractivity contribution in [2.24, 2.45) is 11.8 Å². The number of carbonyl (C=O) groups is 3. The van der Waals surface area contributed by atoms with Gasteiger partial charge in [-0.3, -0.25) is 14.4 Å². The van der Waals surface area contributed by atoms with Crippen LogP contribution in [0.3, 0.4) is 0 Å². The lowest BCUT2D eigenvalue weighted by Gasteiger charge is -2.37. The second-order valence-corrected chi connectivity index (χ2v) is 11.6. The van der Waals surface area contributed by atoms with Crippen molar-refractivity contribution in [3.63, 3.8) is 0 Å². The Balaban J connectivity index is 1.72. The van der Waals surface area contributed by atoms with E-state index in [1.807, 2.05) is 37.3 Å². The standard InChI is InChI=1S/C32H45N3O5/c1-5-8-20-33(18-6-2)30(39)27-32-17-16-31(4,40-32)25(26(32)29(38)35(27)21-12-13-22-36)28(37)34(19-7-3)23-24-14-10-9-11-15-24/h6-7,9-11,14-15,25-27,36H,2-3,5,8,12-13,16-23H2,1,4H3/t25-,26+,27?,31+,32?/m1/s1. The van der Waals surface area contributed by atoms with Gasteiger partial charge in [-0.05, 0) is 44.6 Å². The number of amides is 3. The van der Waals surface area contributed by atoms with Gasteiger partial charge in [-0.15, -0.1) is 13.2 Å². The van der Waals surface area contributed by atoms with Gasteiger partial charge in [0.25, 0.3) is 0 Å². The first-order valence-corrected chi connectivity index (χ1v) is 14.7. The minimum absolute atomic E-state index is 0.0139. The Morgan fingerprint density at radius 2 is 1.77 bits per heavy atom. The first-order valence-electron chi connectivity index (χ1n) is 14.7. The molecular weight excluding hydrogens is 506 g/mol. The van der Waals surface area contributed by atoms with Crippen LogP contribution in [0, 0.1) is 11.8 Å². The second-order valence-electron chi connectivity index (χ2n) is 11.6. The van der Waals surface area contributed by atoms with Gasteiger partial charge in [0.1, 0.15) is 11.6 Å². The fourth-order valence-electron chi connectivity index (χ4n) is 7.07. The van der Waals surface area contributed by atoms with Gasteiger partial charge in [-0.2, -0.15) is 0 Å². The fraction of sp³-hybridized carbons (Fsp3) is 0.594. The zero-order valence-electron chi connectivity index (χ0n) is 24.1. The van der Waals surface area contributed by atoms with Crippen molar-refractivity contribution >= 4 is 17.7 Å². The van der Waals surface area contributed by atoms with Gasteiger partial charge in [-0.25, -0.2) is 0 Å². The quantitative estimate of drug-likeness (QED) is 0.266. The molecule has 0 aromatic heterocycles. The molecule has 0 aliphatic carbocycles. The maximum atomic E-state index is 14.3. The number of rotatable bonds is 15. The number of unbranched alkanes of at least 4 members (excludes halogenated alkanes) is 2. The normalized spacial score (nSPS) is 28.4. The number of likely N-dealkylation sites (tertiary alicyclic amines) is 1. The Morgan fingerprint density at radius 3 is 2.42 bits per heavy atom. The van der Waals surface area contributed by atoms with Crippen LogP contribution in [0.15, 0.2) is 55.6 Å². The van der Waals surface area contributed by atoms with E-state index >= 15 is 0 Å². The lowest BCUT2D eigenvalue weighted by Crippen LogP contribution is -2.56. The number of hydrogen-bond donors (Lipinski definition) is 1. The molecule has 3 saturated heterocycles. The third-order valence-corrected chi connectivity index (χ3v) is 8.90. The Labute approximate surface area is 238 Å². The summed E-state index contributed by atoms with van der Waals surface area (Å²) in [6.07, 6.45) is 7.45. The van der Waals surface area contributed by atoms with Crippen molar-refractivity contribution in [2.45, 2.75) is 76.2 Å². The molecule has 1 aromatic carbocycles. The maximum absolute atomic E-state index is 14.3. The zero-order chi connectivity index (χ0) is 28.9. The minimum Gasteiger partial charge on any atom is -0.396 e. The van der Waals surface area contributed by atoms with Gasteiger partial charge in [-0.1, -0.05) is 55.8 Å². The molecular formula is C32H45N3O5. The number of aliphatic hydroxyl groups is 1. The highest BCUT2D eigenvalue weighted by Gasteiger charge is 2.78. The zero-order valence-corrected chi connectivity index (χ0v) is 24.1. The average molecular weight is 552 g/mol. The summed E-state index contributed by atoms with van der Waals surface area (Å²) in [7, 11) is 0. The molecule has 1 spiro atoms. The number of hydrogen-bond acceptors (Lipinski definition) is 5. The topological polar surface area (TPSA) is 90.4 Å². The highest BCUT2D eigenvalue weighted by molar-refractivity contribution is 5.99. The van der Waals surface area contributed by atoms with Crippen molar-refractivity contribution in [3.8, 4) is 0 Å². The predicted octanol–water partition coefficient (Wildman–Crippen LogP) is 3.55. The fourth-order valence-corrected chi connectivity index (χ4v) is 7.07. The molecule has 2 unspecified atom stereocenters. The molecule has 0 saturated carbocycles. The molecule has 8 nitrogen and oxygen atoms in total. The van der Waals surface area contributed by atoms with Crippen LogP contribution >= 0.6 is 0 Å². The number of nitrogens with zero attached hydrogens (tertiary/aromatic N) is 3. The Morgan fingerprint density at radius 1 is 1.07 bits per heavy atom. The summed E-state index contributed by atoms with van der Waals surface area (Å²) in [6, 6.07) is 8.98. The SMILES string of the molecule is C=CCN(CCCC)C(=O)C1N(CCCCO)C(=O)[C@@H]2[C@H](C(=O)N(CC=C)Cc3ccccc3)[C@]3(C)CCC12O3. The molecule has 3 heterocycles. The average Bonchev–Trinajstić information content (AvgIpc) is 3.51. The van der Waals surface area contributed by atoms with E-state index in [0.717, 1.165) is 18.4 Å². The van der Waals surface area contributed by atoms with E-state index in [2.05, 4.69) is 20.1 Å². The van der Waals surface area contributed by atoms with Crippen molar-refractivity contribution in [3.05, 3.63) is 61.2 Å². The Bertz CT molecular complexity index is 1090. The van der Waals surface area contributed by atoms with Crippen molar-refractivity contribution in [2.75, 3.05) is 32.8 Å². The maximum Gasteiger partial charge on any atom is 0.248 e. The molecule has 3 fully saturated rings. The molecule has 8 heteroatoms. The lowest BCUT2D eigenvalue weighted by molar-refractivity contribution is -0.153. The number of ether oxygens (including phenoxy) is 1. The highest BCUT2D eigenvalue weighted by atomic mass is 16.5. The van der Waals surface area contributed by atoms with E-state index in [1.54, 1.807) is 26.9 Å². The molecule has 5 atom stereocenters. The molecule has 3 aliphatic heterocycles. The lowest BCUT2D eigenvalue weighted by atomic mass is 9.66. The predicted molar refractivity (Wildman–Crippen MR) is 154 cm³/mol. The van der Waals surface area contributed by atoms with Gasteiger partial charge >= 0.3 is 0 Å². The van der Waals surface area contributed by atoms with E-state index in [4.69, 9.17) is 4.74 Å². The van der Waals surface area contributed by atoms with Crippen LogP contribution in [0.25, 0.3) is 0 Å². The Kier molecular flexibility index (Phi) is 9.52. The Hall–Kier alpha value is -2.97. The molecule has 4 rings (SSSR count). The molecule has 1 aromatic rings. The largest absolute Gasteiger partial charge is 0.396 e. The minimum atomic E-state index is -1.05. The molecule has 218 valence electrons. The number of benzene rings is 1. The number of fused-ring (bicyclic) bond motifs is 1. The summed E-state index contributed by atoms with van der Waals surface area (Å²) in [5.74, 6) is -1.90. The van der Waals surface area contributed by atoms with Gasteiger partial charge in [0, 0.05) is 39.3 Å². The van der Waals surface area contributed by atoms with Crippen LogP contribution in [0.4, 0.5) is 0 Å². The van der Waals surface area contributed by atoms with Crippen LogP contribution in [0.5, 0.6) is 0 Å². The molecule has 0 radical (unpaired) electrons. The first kappa shape index (κ1) is 30.0. The number of carbonyl (C=O) groups excluding carboxylic acids is 3. The third-order valence-electron chi connectivity index (χ3n) is 8.90. The van der Waals surface area contributed by atoms with Crippen LogP contribution in [0.2, 0.25) is 0 Å². The van der Waals surface area contributed by atoms with Gasteiger partial charge in [0.2, 0.25) is 17.7 Å². The van der Waals surface area contributed by atoms with Gasteiger partial charge in [0.15, 0.2) is 0 Å². The molecule has 2 bridgehead atoms. The first-order chi connectivity index (χ1) is 19.3. The van der Waals surface area contributed by atoms with E-state index in [1.165, 1.54) is 0 Å². The third kappa shape index (κ3) is 5.36. The van der Waals surface area contributed by atoms with Gasteiger partial charge < -0.3 is 24.5 Å². The van der Waals surface area contributed by atoms with E-state index < -0.39 is 29.1 Å². The second kappa shape index (κ2) is 12.7. The summed E-state index contributed by atoms with van der Waals surface area (Å²) in [5.41, 5.74) is -0.898. The van der Waals surface area contributed by atoms with Gasteiger partial charge in [0.05, 0.1) is 17.4 Å². The van der Waals surface area contributed by atoms with Crippen LogP contribution in [0.1, 0.15) is 57.9 Å². The van der Waals surface area contributed by atoms with Crippen LogP contribution in [-0.4, -0.2) is 87.6 Å². The molecule has 1 N–H and O–H groups in total. The van der Waals surface area contributed by atoms with Crippen molar-refractivity contribution in [1.82, 2.24) is 14.7 Å². The van der Waals surface area contributed by atoms with Crippen LogP contribution in [-0.2, 0) is 25.7 Å². The highest BCUT2D eigenvalue weighted by Crippen LogP contribution is 2.63. The van der Waals surface area contributed by atoms with E-state index in [0.29, 0.717) is 58.4 Å².